The summed E-state index contributed by atoms with van der Waals surface area (Å²) in [5, 5.41) is 7.18. The normalized spacial score (nSPS) is 13.3. The van der Waals surface area contributed by atoms with Gasteiger partial charge in [-0.15, -0.1) is 0 Å². The molecule has 4 aromatic heterocycles. The molecule has 0 spiro atoms. The monoisotopic (exact) mass is 1430 g/mol. The van der Waals surface area contributed by atoms with Gasteiger partial charge in [0.05, 0.1) is 55.1 Å². The van der Waals surface area contributed by atoms with Crippen molar-refractivity contribution in [2.24, 2.45) is 0 Å². The Hall–Kier alpha value is -14.5. The first-order valence-electron chi connectivity index (χ1n) is 41.6. The first-order valence-corrected chi connectivity index (χ1v) is 37.6. The molecule has 1 aliphatic rings. The van der Waals surface area contributed by atoms with Crippen molar-refractivity contribution in [3.63, 3.8) is 0 Å². The fraction of sp³-hybridized carbons (Fsp3) is 0.0286. The lowest BCUT2D eigenvalue weighted by molar-refractivity contribution is 0.660. The summed E-state index contributed by atoms with van der Waals surface area (Å²) >= 11 is 0. The van der Waals surface area contributed by atoms with Gasteiger partial charge >= 0.3 is 0 Å². The molecular weight excluding hydrogens is 1350 g/mol. The third kappa shape index (κ3) is 10.9. The van der Waals surface area contributed by atoms with Crippen molar-refractivity contribution in [2.45, 2.75) is 19.3 Å². The molecule has 6 nitrogen and oxygen atoms in total. The summed E-state index contributed by atoms with van der Waals surface area (Å²) in [7, 11) is 0. The van der Waals surface area contributed by atoms with Crippen molar-refractivity contribution in [1.29, 1.82) is 0 Å². The minimum atomic E-state index is -0.469. The van der Waals surface area contributed by atoms with Crippen LogP contribution in [0.2, 0.25) is 0 Å². The van der Waals surface area contributed by atoms with E-state index in [-0.39, 0.29) is 51.4 Å². The van der Waals surface area contributed by atoms with Gasteiger partial charge in [-0.25, -0.2) is 0 Å². The highest BCUT2D eigenvalue weighted by Crippen LogP contribution is 2.52. The topological polar surface area (TPSA) is 26.2 Å². The second kappa shape index (κ2) is 26.5. The number of hydrogen-bond acceptors (Lipinski definition) is 2. The maximum absolute atomic E-state index is 8.98. The molecule has 6 heteroatoms. The number of aromatic nitrogens is 4. The molecule has 0 radical (unpaired) electrons. The van der Waals surface area contributed by atoms with E-state index in [9.17, 15) is 0 Å². The molecule has 0 amide bonds. The van der Waals surface area contributed by atoms with Gasteiger partial charge in [0.1, 0.15) is 0 Å². The van der Waals surface area contributed by atoms with Crippen LogP contribution < -0.4 is 9.80 Å². The maximum atomic E-state index is 8.98. The minimum absolute atomic E-state index is 0.0486. The largest absolute Gasteiger partial charge is 0.310 e. The van der Waals surface area contributed by atoms with Crippen molar-refractivity contribution in [3.05, 3.63) is 423 Å². The zero-order valence-corrected chi connectivity index (χ0v) is 60.8. The van der Waals surface area contributed by atoms with E-state index in [0.717, 1.165) is 84.1 Å². The quantitative estimate of drug-likeness (QED) is 0.122. The minimum Gasteiger partial charge on any atom is -0.310 e. The van der Waals surface area contributed by atoms with Gasteiger partial charge in [0.25, 0.3) is 0 Å². The molecule has 0 atom stereocenters. The third-order valence-electron chi connectivity index (χ3n) is 22.4. The number of nitrogens with zero attached hydrogens (tertiary/aromatic N) is 6. The van der Waals surface area contributed by atoms with Gasteiger partial charge in [0, 0.05) is 105 Å². The van der Waals surface area contributed by atoms with Gasteiger partial charge < -0.3 is 28.1 Å². The fourth-order valence-electron chi connectivity index (χ4n) is 17.4. The average Bonchev–Trinajstić information content (AvgIpc) is 1.54. The van der Waals surface area contributed by atoms with Crippen LogP contribution in [0.25, 0.3) is 143 Å². The number of anilines is 6. The van der Waals surface area contributed by atoms with Crippen molar-refractivity contribution in [3.8, 4) is 56.1 Å². The van der Waals surface area contributed by atoms with Gasteiger partial charge in [0.15, 0.2) is 0 Å². The lowest BCUT2D eigenvalue weighted by atomic mass is 9.82. The number of rotatable bonds is 12. The van der Waals surface area contributed by atoms with Crippen LogP contribution >= 0.6 is 0 Å². The zero-order chi connectivity index (χ0) is 80.6. The summed E-state index contributed by atoms with van der Waals surface area (Å²) in [4.78, 5) is 4.64. The Morgan fingerprint density at radius 3 is 0.991 bits per heavy atom. The molecular formula is C105H74N6. The highest BCUT2D eigenvalue weighted by Gasteiger charge is 2.36. The molecule has 0 saturated carbocycles. The SMILES string of the molecule is CC1(C)c2ccccc2-c2ccc(N(c3ccccc3)c3cccc(-c4ccc5c(c4)c4ccccc4n5-c4cccc(-n5c6ccccc6c6ccccc65)c4)c3)cc21.[2H]c1c([2H])c([2H])c2c(c1[2H])c1c([2H])c([2H])c([2H])c([2H])c1n2-c1cccc(-n2c3ccccc3c3cc(-c4cccc(N(c5ccccc5)c5ccccc5)c4)ccc32)c1. The second-order valence-corrected chi connectivity index (χ2v) is 29.0. The molecule has 524 valence electrons. The Morgan fingerprint density at radius 2 is 0.541 bits per heavy atom. The van der Waals surface area contributed by atoms with E-state index >= 15 is 0 Å². The smallest absolute Gasteiger partial charge is 0.0645 e. The van der Waals surface area contributed by atoms with E-state index in [0.29, 0.717) is 5.69 Å². The van der Waals surface area contributed by atoms with Crippen LogP contribution in [0.5, 0.6) is 0 Å². The summed E-state index contributed by atoms with van der Waals surface area (Å²) in [5.41, 5.74) is 26.7. The first kappa shape index (κ1) is 56.8. The van der Waals surface area contributed by atoms with Crippen molar-refractivity contribution in [1.82, 2.24) is 18.3 Å². The molecule has 22 rings (SSSR count). The lowest BCUT2D eigenvalue weighted by Crippen LogP contribution is -2.16. The van der Waals surface area contributed by atoms with Gasteiger partial charge in [-0.2, -0.15) is 0 Å². The van der Waals surface area contributed by atoms with Crippen LogP contribution in [-0.2, 0) is 5.41 Å². The van der Waals surface area contributed by atoms with Crippen LogP contribution in [-0.4, -0.2) is 18.3 Å². The number of benzene rings is 17. The molecule has 17 aromatic carbocycles. The van der Waals surface area contributed by atoms with E-state index in [4.69, 9.17) is 11.0 Å². The molecule has 1 aliphatic carbocycles. The predicted octanol–water partition coefficient (Wildman–Crippen LogP) is 28.3. The van der Waals surface area contributed by atoms with E-state index in [2.05, 4.69) is 329 Å². The molecule has 21 aromatic rings. The van der Waals surface area contributed by atoms with Crippen LogP contribution in [0.1, 0.15) is 35.9 Å². The highest BCUT2D eigenvalue weighted by atomic mass is 15.1. The number of fused-ring (bicyclic) bond motifs is 15. The van der Waals surface area contributed by atoms with Gasteiger partial charge in [-0.05, 0) is 214 Å². The summed E-state index contributed by atoms with van der Waals surface area (Å²) in [6.45, 7) is 4.70. The number of hydrogen-bond donors (Lipinski definition) is 0. The van der Waals surface area contributed by atoms with Crippen LogP contribution in [0.15, 0.2) is 412 Å². The standard InChI is InChI=1S/C57H41N3.C48H33N3/c1-57(2)51-26-10-6-22-45(51)46-32-31-44(37-52(46)57)58(40-17-4-3-5-18-40)41-19-14-16-38(34-41)39-30-33-56-50(35-39)49-25-9-13-29-55(49)60(56)43-21-15-20-42(36-43)59-53-27-11-7-23-47(53)48-24-8-12-28-54(48)59;1-3-16-36(17-4-1)49(37-18-5-2-6-19-37)38-20-13-15-34(31-38)35-29-30-48-44(32-35)43-25-9-12-28-47(43)51(48)40-22-14-21-39(33-40)50-45-26-10-7-23-41(45)42-24-8-11-27-46(42)50/h3-37H,1-2H3;1-33H/i;7D,8D,10D,11D,23D,24D,26D,27D. The molecule has 111 heavy (non-hydrogen) atoms. The zero-order valence-electron chi connectivity index (χ0n) is 68.8. The summed E-state index contributed by atoms with van der Waals surface area (Å²) in [6, 6.07) is 126. The molecule has 0 aliphatic heterocycles. The van der Waals surface area contributed by atoms with E-state index in [1.54, 1.807) is 10.6 Å². The fourth-order valence-corrected chi connectivity index (χ4v) is 17.4. The highest BCUT2D eigenvalue weighted by molar-refractivity contribution is 6.14. The molecule has 0 saturated heterocycles. The van der Waals surface area contributed by atoms with Crippen molar-refractivity contribution < 1.29 is 11.0 Å². The predicted molar refractivity (Wildman–Crippen MR) is 468 cm³/mol. The average molecular weight is 1430 g/mol. The molecule has 0 unspecified atom stereocenters. The summed E-state index contributed by atoms with van der Waals surface area (Å²) in [6.07, 6.45) is 0. The Labute approximate surface area is 655 Å². The maximum Gasteiger partial charge on any atom is 0.0645 e. The summed E-state index contributed by atoms with van der Waals surface area (Å²) in [5.74, 6) is 0. The molecule has 4 heterocycles. The number of para-hydroxylation sites is 9. The van der Waals surface area contributed by atoms with Gasteiger partial charge in [-0.1, -0.05) is 256 Å². The van der Waals surface area contributed by atoms with Crippen molar-refractivity contribution in [2.75, 3.05) is 9.80 Å². The second-order valence-electron chi connectivity index (χ2n) is 29.0. The van der Waals surface area contributed by atoms with E-state index in [1.165, 1.54) is 77.0 Å². The Balaban J connectivity index is 0.000000148. The lowest BCUT2D eigenvalue weighted by Gasteiger charge is -2.28. The third-order valence-corrected chi connectivity index (χ3v) is 22.4. The van der Waals surface area contributed by atoms with Crippen LogP contribution in [0, 0.1) is 0 Å². The van der Waals surface area contributed by atoms with E-state index in [1.807, 2.05) is 66.7 Å². The first-order chi connectivity index (χ1) is 58.2. The van der Waals surface area contributed by atoms with Crippen molar-refractivity contribution >= 4 is 121 Å². The molecule has 0 N–H and O–H groups in total. The Kier molecular flexibility index (Phi) is 13.6. The molecule has 0 fully saturated rings. The van der Waals surface area contributed by atoms with Crippen LogP contribution in [0.4, 0.5) is 34.1 Å². The Morgan fingerprint density at radius 1 is 0.216 bits per heavy atom. The van der Waals surface area contributed by atoms with Crippen LogP contribution in [0.3, 0.4) is 0 Å². The van der Waals surface area contributed by atoms with E-state index < -0.39 is 24.2 Å². The van der Waals surface area contributed by atoms with Gasteiger partial charge in [0.2, 0.25) is 0 Å². The Bertz CT molecular complexity index is 7540. The summed E-state index contributed by atoms with van der Waals surface area (Å²) < 4.78 is 78.1. The molecule has 0 bridgehead atoms. The van der Waals surface area contributed by atoms with Gasteiger partial charge in [-0.3, -0.25) is 0 Å².